The van der Waals surface area contributed by atoms with Crippen LogP contribution in [0, 0.1) is 0 Å². The summed E-state index contributed by atoms with van der Waals surface area (Å²) in [5.41, 5.74) is 0.691. The molecule has 0 spiro atoms. The number of methoxy groups -OCH3 is 1. The Bertz CT molecular complexity index is 591. The molecule has 0 saturated carbocycles. The molecule has 0 aliphatic heterocycles. The van der Waals surface area contributed by atoms with E-state index in [1.165, 1.54) is 4.88 Å². The van der Waals surface area contributed by atoms with E-state index in [2.05, 4.69) is 20.8 Å². The first kappa shape index (κ1) is 13.8. The second kappa shape index (κ2) is 5.17. The van der Waals surface area contributed by atoms with Gasteiger partial charge in [0.1, 0.15) is 5.75 Å². The number of hydrogen-bond donors (Lipinski definition) is 0. The van der Waals surface area contributed by atoms with E-state index in [1.54, 1.807) is 24.5 Å². The van der Waals surface area contributed by atoms with Crippen LogP contribution in [-0.4, -0.2) is 12.9 Å². The van der Waals surface area contributed by atoms with Crippen LogP contribution in [0.15, 0.2) is 36.4 Å². The maximum atomic E-state index is 12.5. The van der Waals surface area contributed by atoms with Gasteiger partial charge < -0.3 is 4.74 Å². The highest BCUT2D eigenvalue weighted by Gasteiger charge is 2.20. The lowest BCUT2D eigenvalue weighted by atomic mass is 9.95. The molecule has 1 aromatic heterocycles. The van der Waals surface area contributed by atoms with Crippen LogP contribution >= 0.6 is 11.3 Å². The normalized spacial score (nSPS) is 11.4. The minimum Gasteiger partial charge on any atom is -0.496 e. The van der Waals surface area contributed by atoms with Crippen molar-refractivity contribution in [3.63, 3.8) is 0 Å². The van der Waals surface area contributed by atoms with Gasteiger partial charge in [-0.2, -0.15) is 0 Å². The molecule has 100 valence electrons. The summed E-state index contributed by atoms with van der Waals surface area (Å²) in [7, 11) is 1.58. The van der Waals surface area contributed by atoms with Crippen molar-refractivity contribution in [1.82, 2.24) is 0 Å². The third kappa shape index (κ3) is 2.87. The minimum atomic E-state index is 0.0259. The van der Waals surface area contributed by atoms with E-state index in [0.29, 0.717) is 11.3 Å². The van der Waals surface area contributed by atoms with Gasteiger partial charge >= 0.3 is 0 Å². The minimum absolute atomic E-state index is 0.0259. The van der Waals surface area contributed by atoms with Crippen LogP contribution < -0.4 is 4.74 Å². The largest absolute Gasteiger partial charge is 0.496 e. The zero-order valence-corrected chi connectivity index (χ0v) is 12.5. The van der Waals surface area contributed by atoms with Crippen LogP contribution in [0.25, 0.3) is 0 Å². The lowest BCUT2D eigenvalue weighted by Gasteiger charge is -2.15. The molecule has 2 nitrogen and oxygen atoms in total. The lowest BCUT2D eigenvalue weighted by molar-refractivity contribution is 0.103. The zero-order valence-electron chi connectivity index (χ0n) is 11.7. The molecule has 3 heteroatoms. The van der Waals surface area contributed by atoms with Gasteiger partial charge in [0.15, 0.2) is 0 Å². The molecule has 0 radical (unpaired) electrons. The Hall–Kier alpha value is -1.61. The van der Waals surface area contributed by atoms with E-state index in [0.717, 1.165) is 4.88 Å². The van der Waals surface area contributed by atoms with E-state index in [-0.39, 0.29) is 11.2 Å². The molecule has 0 saturated heterocycles. The van der Waals surface area contributed by atoms with Crippen molar-refractivity contribution in [3.8, 4) is 5.75 Å². The Kier molecular flexibility index (Phi) is 3.76. The predicted molar refractivity (Wildman–Crippen MR) is 79.4 cm³/mol. The van der Waals surface area contributed by atoms with Crippen molar-refractivity contribution < 1.29 is 9.53 Å². The van der Waals surface area contributed by atoms with Gasteiger partial charge in [-0.3, -0.25) is 4.79 Å². The smallest absolute Gasteiger partial charge is 0.206 e. The summed E-state index contributed by atoms with van der Waals surface area (Å²) in [4.78, 5) is 14.5. The first-order valence-electron chi connectivity index (χ1n) is 6.21. The summed E-state index contributed by atoms with van der Waals surface area (Å²) in [5.74, 6) is 0.649. The molecule has 0 fully saturated rings. The number of ketones is 1. The van der Waals surface area contributed by atoms with E-state index < -0.39 is 0 Å². The fraction of sp³-hybridized carbons (Fsp3) is 0.312. The summed E-state index contributed by atoms with van der Waals surface area (Å²) in [6.07, 6.45) is 0. The summed E-state index contributed by atoms with van der Waals surface area (Å²) in [6, 6.07) is 11.3. The summed E-state index contributed by atoms with van der Waals surface area (Å²) >= 11 is 1.56. The first-order valence-corrected chi connectivity index (χ1v) is 7.03. The molecular formula is C16H18O2S. The molecule has 0 N–H and O–H groups in total. The molecule has 0 unspecified atom stereocenters. The number of carbonyl (C=O) groups excluding carboxylic acids is 1. The molecule has 0 amide bonds. The second-order valence-electron chi connectivity index (χ2n) is 5.44. The van der Waals surface area contributed by atoms with Gasteiger partial charge in [-0.1, -0.05) is 32.9 Å². The van der Waals surface area contributed by atoms with Gasteiger partial charge in [-0.05, 0) is 29.7 Å². The molecule has 1 aromatic carbocycles. The van der Waals surface area contributed by atoms with Gasteiger partial charge in [0.2, 0.25) is 5.78 Å². The Morgan fingerprint density at radius 2 is 1.79 bits per heavy atom. The van der Waals surface area contributed by atoms with Crippen molar-refractivity contribution in [2.45, 2.75) is 26.2 Å². The summed E-state index contributed by atoms with van der Waals surface area (Å²) < 4.78 is 5.25. The maximum absolute atomic E-state index is 12.5. The molecule has 0 aliphatic rings. The van der Waals surface area contributed by atoms with Crippen LogP contribution in [0.3, 0.4) is 0 Å². The van der Waals surface area contributed by atoms with Gasteiger partial charge in [-0.25, -0.2) is 0 Å². The third-order valence-corrected chi connectivity index (χ3v) is 4.43. The standard InChI is InChI=1S/C16H18O2S/c1-16(2,3)14-10-9-13(19-14)15(17)11-7-5-6-8-12(11)18-4/h5-10H,1-4H3. The van der Waals surface area contributed by atoms with Gasteiger partial charge in [0.25, 0.3) is 0 Å². The topological polar surface area (TPSA) is 26.3 Å². The third-order valence-electron chi connectivity index (χ3n) is 2.92. The highest BCUT2D eigenvalue weighted by molar-refractivity contribution is 7.14. The number of thiophene rings is 1. The maximum Gasteiger partial charge on any atom is 0.206 e. The van der Waals surface area contributed by atoms with Crippen molar-refractivity contribution in [3.05, 3.63) is 51.7 Å². The van der Waals surface area contributed by atoms with Gasteiger partial charge in [0.05, 0.1) is 17.6 Å². The first-order chi connectivity index (χ1) is 8.93. The molecule has 0 atom stereocenters. The van der Waals surface area contributed by atoms with Crippen LogP contribution in [0.4, 0.5) is 0 Å². The van der Waals surface area contributed by atoms with E-state index in [1.807, 2.05) is 30.3 Å². The van der Waals surface area contributed by atoms with Crippen molar-refractivity contribution in [2.24, 2.45) is 0 Å². The number of para-hydroxylation sites is 1. The number of benzene rings is 1. The summed E-state index contributed by atoms with van der Waals surface area (Å²) in [5, 5.41) is 0. The number of ether oxygens (including phenoxy) is 1. The number of hydrogen-bond acceptors (Lipinski definition) is 3. The Labute approximate surface area is 118 Å². The predicted octanol–water partition coefficient (Wildman–Crippen LogP) is 4.29. The quantitative estimate of drug-likeness (QED) is 0.781. The highest BCUT2D eigenvalue weighted by atomic mass is 32.1. The Morgan fingerprint density at radius 3 is 2.37 bits per heavy atom. The molecule has 2 aromatic rings. The molecule has 0 aliphatic carbocycles. The number of rotatable bonds is 3. The van der Waals surface area contributed by atoms with E-state index in [4.69, 9.17) is 4.74 Å². The van der Waals surface area contributed by atoms with Crippen molar-refractivity contribution >= 4 is 17.1 Å². The average Bonchev–Trinajstić information content (AvgIpc) is 2.87. The average molecular weight is 274 g/mol. The SMILES string of the molecule is COc1ccccc1C(=O)c1ccc(C(C)(C)C)s1. The van der Waals surface area contributed by atoms with E-state index >= 15 is 0 Å². The molecule has 2 rings (SSSR count). The van der Waals surface area contributed by atoms with Crippen LogP contribution in [0.2, 0.25) is 0 Å². The molecule has 1 heterocycles. The monoisotopic (exact) mass is 274 g/mol. The van der Waals surface area contributed by atoms with Gasteiger partial charge in [-0.15, -0.1) is 11.3 Å². The fourth-order valence-corrected chi connectivity index (χ4v) is 2.85. The Balaban J connectivity index is 2.37. The van der Waals surface area contributed by atoms with Crippen LogP contribution in [-0.2, 0) is 5.41 Å². The van der Waals surface area contributed by atoms with E-state index in [9.17, 15) is 4.79 Å². The lowest BCUT2D eigenvalue weighted by Crippen LogP contribution is -2.08. The molecule has 19 heavy (non-hydrogen) atoms. The Morgan fingerprint density at radius 1 is 1.11 bits per heavy atom. The van der Waals surface area contributed by atoms with Crippen molar-refractivity contribution in [1.29, 1.82) is 0 Å². The molecule has 0 bridgehead atoms. The molecular weight excluding hydrogens is 256 g/mol. The van der Waals surface area contributed by atoms with Crippen molar-refractivity contribution in [2.75, 3.05) is 7.11 Å². The number of carbonyl (C=O) groups is 1. The highest BCUT2D eigenvalue weighted by Crippen LogP contribution is 2.31. The van der Waals surface area contributed by atoms with Gasteiger partial charge in [0, 0.05) is 4.88 Å². The van der Waals surface area contributed by atoms with Crippen LogP contribution in [0.1, 0.15) is 40.9 Å². The fourth-order valence-electron chi connectivity index (χ4n) is 1.83. The van der Waals surface area contributed by atoms with Crippen LogP contribution in [0.5, 0.6) is 5.75 Å². The second-order valence-corrected chi connectivity index (χ2v) is 6.53. The zero-order chi connectivity index (χ0) is 14.0. The summed E-state index contributed by atoms with van der Waals surface area (Å²) in [6.45, 7) is 6.45.